The molecule has 1 aliphatic rings. The van der Waals surface area contributed by atoms with E-state index in [0.717, 1.165) is 43.5 Å². The van der Waals surface area contributed by atoms with Crippen molar-refractivity contribution in [2.24, 2.45) is 0 Å². The first-order valence-electron chi connectivity index (χ1n) is 8.28. The van der Waals surface area contributed by atoms with Gasteiger partial charge in [0, 0.05) is 19.2 Å². The van der Waals surface area contributed by atoms with Gasteiger partial charge in [-0.05, 0) is 49.2 Å². The number of hydrogen-bond acceptors (Lipinski definition) is 4. The van der Waals surface area contributed by atoms with Gasteiger partial charge in [0.05, 0.1) is 15.5 Å². The fourth-order valence-electron chi connectivity index (χ4n) is 2.82. The van der Waals surface area contributed by atoms with Gasteiger partial charge in [-0.25, -0.2) is 25.6 Å². The molecule has 1 heterocycles. The molecule has 0 aromatic heterocycles. The van der Waals surface area contributed by atoms with Crippen molar-refractivity contribution in [2.75, 3.05) is 17.8 Å². The lowest BCUT2D eigenvalue weighted by atomic mass is 10.2. The van der Waals surface area contributed by atoms with Crippen LogP contribution in [0.5, 0.6) is 0 Å². The van der Waals surface area contributed by atoms with Crippen molar-refractivity contribution < 1.29 is 25.6 Å². The van der Waals surface area contributed by atoms with Crippen LogP contribution in [0.3, 0.4) is 0 Å². The molecule has 0 saturated carbocycles. The molecule has 10 heteroatoms. The van der Waals surface area contributed by atoms with E-state index in [-0.39, 0.29) is 9.79 Å². The van der Waals surface area contributed by atoms with Crippen LogP contribution in [-0.4, -0.2) is 34.2 Å². The normalized spacial score (nSPS) is 16.2. The first-order chi connectivity index (χ1) is 12.7. The van der Waals surface area contributed by atoms with Gasteiger partial charge in [0.25, 0.3) is 10.0 Å². The highest BCUT2D eigenvalue weighted by molar-refractivity contribution is 7.92. The first kappa shape index (κ1) is 19.7. The number of sulfonamides is 2. The molecule has 0 aliphatic carbocycles. The molecular weight excluding hydrogens is 398 g/mol. The van der Waals surface area contributed by atoms with Crippen molar-refractivity contribution in [1.82, 2.24) is 4.31 Å². The smallest absolute Gasteiger partial charge is 0.261 e. The van der Waals surface area contributed by atoms with E-state index in [4.69, 9.17) is 0 Å². The summed E-state index contributed by atoms with van der Waals surface area (Å²) in [6.07, 6.45) is 2.56. The van der Waals surface area contributed by atoms with Gasteiger partial charge in [-0.3, -0.25) is 4.72 Å². The van der Waals surface area contributed by atoms with Crippen molar-refractivity contribution in [2.45, 2.75) is 29.1 Å². The molecule has 1 fully saturated rings. The van der Waals surface area contributed by atoms with Crippen LogP contribution in [0.1, 0.15) is 19.3 Å². The summed E-state index contributed by atoms with van der Waals surface area (Å²) in [5.74, 6) is -1.88. The van der Waals surface area contributed by atoms with E-state index in [1.165, 1.54) is 16.4 Å². The number of rotatable bonds is 5. The predicted octanol–water partition coefficient (Wildman–Crippen LogP) is 2.94. The molecule has 1 N–H and O–H groups in total. The van der Waals surface area contributed by atoms with Crippen molar-refractivity contribution in [3.05, 3.63) is 54.1 Å². The van der Waals surface area contributed by atoms with Crippen LogP contribution in [0.25, 0.3) is 0 Å². The minimum absolute atomic E-state index is 0.00341. The van der Waals surface area contributed by atoms with Crippen LogP contribution >= 0.6 is 0 Å². The number of hydrogen-bond donors (Lipinski definition) is 1. The fourth-order valence-corrected chi connectivity index (χ4v) is 5.41. The number of benzene rings is 2. The van der Waals surface area contributed by atoms with Crippen LogP contribution in [0.4, 0.5) is 14.5 Å². The molecule has 1 saturated heterocycles. The Bertz CT molecular complexity index is 1030. The standard InChI is InChI=1S/C17H18F2N2O4S2/c18-13-4-9-17(16(19)12-13)20-26(22,23)14-5-7-15(8-6-14)27(24,25)21-10-2-1-3-11-21/h4-9,12,20H,1-3,10-11H2. The Morgan fingerprint density at radius 1 is 0.815 bits per heavy atom. The molecule has 3 rings (SSSR count). The summed E-state index contributed by atoms with van der Waals surface area (Å²) in [7, 11) is -7.83. The van der Waals surface area contributed by atoms with Crippen LogP contribution in [0, 0.1) is 11.6 Å². The Morgan fingerprint density at radius 2 is 1.41 bits per heavy atom. The zero-order chi connectivity index (χ0) is 19.7. The van der Waals surface area contributed by atoms with Gasteiger partial charge in [-0.1, -0.05) is 6.42 Å². The summed E-state index contributed by atoms with van der Waals surface area (Å²) in [5, 5.41) is 0. The average molecular weight is 416 g/mol. The molecule has 6 nitrogen and oxygen atoms in total. The van der Waals surface area contributed by atoms with E-state index in [2.05, 4.69) is 0 Å². The van der Waals surface area contributed by atoms with Crippen LogP contribution in [-0.2, 0) is 20.0 Å². The maximum Gasteiger partial charge on any atom is 0.261 e. The molecule has 0 atom stereocenters. The third-order valence-corrected chi connectivity index (χ3v) is 7.56. The highest BCUT2D eigenvalue weighted by atomic mass is 32.2. The third kappa shape index (κ3) is 4.28. The number of nitrogens with zero attached hydrogens (tertiary/aromatic N) is 1. The third-order valence-electron chi connectivity index (χ3n) is 4.26. The molecule has 0 amide bonds. The summed E-state index contributed by atoms with van der Waals surface area (Å²) < 4.78 is 79.9. The monoisotopic (exact) mass is 416 g/mol. The topological polar surface area (TPSA) is 83.5 Å². The zero-order valence-electron chi connectivity index (χ0n) is 14.2. The molecular formula is C17H18F2N2O4S2. The maximum absolute atomic E-state index is 13.7. The summed E-state index contributed by atoms with van der Waals surface area (Å²) >= 11 is 0. The van der Waals surface area contributed by atoms with Gasteiger partial charge >= 0.3 is 0 Å². The first-order valence-corrected chi connectivity index (χ1v) is 11.2. The Labute approximate surface area is 156 Å². The largest absolute Gasteiger partial charge is 0.277 e. The molecule has 146 valence electrons. The molecule has 2 aromatic carbocycles. The SMILES string of the molecule is O=S(=O)(Nc1ccc(F)cc1F)c1ccc(S(=O)(=O)N2CCCCC2)cc1. The lowest BCUT2D eigenvalue weighted by Crippen LogP contribution is -2.35. The van der Waals surface area contributed by atoms with Crippen LogP contribution < -0.4 is 4.72 Å². The van der Waals surface area contributed by atoms with E-state index in [1.54, 1.807) is 0 Å². The quantitative estimate of drug-likeness (QED) is 0.812. The molecule has 0 radical (unpaired) electrons. The fraction of sp³-hybridized carbons (Fsp3) is 0.294. The summed E-state index contributed by atoms with van der Waals surface area (Å²) in [4.78, 5) is -0.236. The minimum Gasteiger partial charge on any atom is -0.277 e. The molecule has 0 bridgehead atoms. The highest BCUT2D eigenvalue weighted by Crippen LogP contribution is 2.24. The number of anilines is 1. The molecule has 0 spiro atoms. The van der Waals surface area contributed by atoms with Crippen molar-refractivity contribution in [1.29, 1.82) is 0 Å². The van der Waals surface area contributed by atoms with Crippen LogP contribution in [0.15, 0.2) is 52.3 Å². The number of nitrogens with one attached hydrogen (secondary N) is 1. The second-order valence-electron chi connectivity index (χ2n) is 6.17. The van der Waals surface area contributed by atoms with Gasteiger partial charge in [0.15, 0.2) is 0 Å². The van der Waals surface area contributed by atoms with E-state index in [9.17, 15) is 25.6 Å². The van der Waals surface area contributed by atoms with E-state index < -0.39 is 37.4 Å². The number of piperidine rings is 1. The van der Waals surface area contributed by atoms with Gasteiger partial charge < -0.3 is 0 Å². The Kier molecular flexibility index (Phi) is 5.50. The summed E-state index contributed by atoms with van der Waals surface area (Å²) in [6.45, 7) is 0.877. The summed E-state index contributed by atoms with van der Waals surface area (Å²) in [5.41, 5.74) is -0.401. The second kappa shape index (κ2) is 7.53. The zero-order valence-corrected chi connectivity index (χ0v) is 15.9. The Hall–Kier alpha value is -2.04. The molecule has 2 aromatic rings. The maximum atomic E-state index is 13.7. The van der Waals surface area contributed by atoms with Crippen molar-refractivity contribution >= 4 is 25.7 Å². The van der Waals surface area contributed by atoms with Crippen molar-refractivity contribution in [3.63, 3.8) is 0 Å². The molecule has 0 unspecified atom stereocenters. The van der Waals surface area contributed by atoms with E-state index in [0.29, 0.717) is 19.2 Å². The van der Waals surface area contributed by atoms with E-state index in [1.807, 2.05) is 4.72 Å². The molecule has 1 aliphatic heterocycles. The number of halogens is 2. The lowest BCUT2D eigenvalue weighted by Gasteiger charge is -2.25. The Morgan fingerprint density at radius 3 is 2.00 bits per heavy atom. The average Bonchev–Trinajstić information content (AvgIpc) is 2.65. The molecule has 27 heavy (non-hydrogen) atoms. The lowest BCUT2D eigenvalue weighted by molar-refractivity contribution is 0.346. The van der Waals surface area contributed by atoms with Crippen molar-refractivity contribution in [3.8, 4) is 0 Å². The van der Waals surface area contributed by atoms with Gasteiger partial charge in [-0.15, -0.1) is 0 Å². The van der Waals surface area contributed by atoms with Crippen LogP contribution in [0.2, 0.25) is 0 Å². The van der Waals surface area contributed by atoms with Gasteiger partial charge in [-0.2, -0.15) is 4.31 Å². The minimum atomic E-state index is -4.16. The second-order valence-corrected chi connectivity index (χ2v) is 9.79. The van der Waals surface area contributed by atoms with Gasteiger partial charge in [0.2, 0.25) is 10.0 Å². The Balaban J connectivity index is 1.83. The van der Waals surface area contributed by atoms with E-state index >= 15 is 0 Å². The summed E-state index contributed by atoms with van der Waals surface area (Å²) in [6, 6.07) is 7.15. The predicted molar refractivity (Wildman–Crippen MR) is 96.2 cm³/mol. The van der Waals surface area contributed by atoms with Gasteiger partial charge in [0.1, 0.15) is 11.6 Å². The highest BCUT2D eigenvalue weighted by Gasteiger charge is 2.26.